The molecule has 0 aliphatic rings. The van der Waals surface area contributed by atoms with Crippen LogP contribution < -0.4 is 10.6 Å². The van der Waals surface area contributed by atoms with Gasteiger partial charge in [-0.05, 0) is 18.6 Å². The molecule has 0 aliphatic carbocycles. The third-order valence-electron chi connectivity index (χ3n) is 2.35. The lowest BCUT2D eigenvalue weighted by atomic mass is 10.2. The van der Waals surface area contributed by atoms with E-state index in [-0.39, 0.29) is 24.8 Å². The van der Waals surface area contributed by atoms with Crippen molar-refractivity contribution in [3.05, 3.63) is 17.7 Å². The van der Waals surface area contributed by atoms with E-state index in [1.54, 1.807) is 4.90 Å². The minimum atomic E-state index is -4.46. The maximum Gasteiger partial charge on any atom is 0.416 e. The number of rotatable bonds is 5. The molecule has 3 N–H and O–H groups in total. The maximum absolute atomic E-state index is 12.6. The number of halogens is 3. The molecule has 4 nitrogen and oxygen atoms in total. The van der Waals surface area contributed by atoms with Crippen LogP contribution in [-0.4, -0.2) is 29.8 Å². The van der Waals surface area contributed by atoms with Gasteiger partial charge in [-0.1, -0.05) is 6.92 Å². The van der Waals surface area contributed by atoms with Crippen LogP contribution in [0.4, 0.5) is 24.8 Å². The molecule has 0 saturated carbocycles. The molecule has 0 fully saturated rings. The highest BCUT2D eigenvalue weighted by Crippen LogP contribution is 2.32. The van der Waals surface area contributed by atoms with Crippen molar-refractivity contribution in [1.82, 2.24) is 4.98 Å². The van der Waals surface area contributed by atoms with Gasteiger partial charge in [0.05, 0.1) is 12.2 Å². The Balaban J connectivity index is 3.10. The molecule has 0 aliphatic heterocycles. The van der Waals surface area contributed by atoms with E-state index in [4.69, 9.17) is 10.8 Å². The fraction of sp³-hybridized carbons (Fsp3) is 0.545. The Hall–Kier alpha value is -1.50. The van der Waals surface area contributed by atoms with Gasteiger partial charge in [-0.3, -0.25) is 0 Å². The quantitative estimate of drug-likeness (QED) is 0.851. The number of pyridine rings is 1. The standard InChI is InChI=1S/C11H16F3N3O/c1-2-3-17(4-5-18)10-7-8(11(12,13)14)6-9(15)16-10/h6-7,18H,2-5H2,1H3,(H2,15,16). The molecule has 0 radical (unpaired) electrons. The molecule has 0 aromatic carbocycles. The van der Waals surface area contributed by atoms with Gasteiger partial charge in [0.15, 0.2) is 0 Å². The number of aromatic nitrogens is 1. The summed E-state index contributed by atoms with van der Waals surface area (Å²) in [5.41, 5.74) is 4.56. The minimum Gasteiger partial charge on any atom is -0.395 e. The molecule has 0 atom stereocenters. The number of hydrogen-bond donors (Lipinski definition) is 2. The zero-order valence-electron chi connectivity index (χ0n) is 10.0. The fourth-order valence-corrected chi connectivity index (χ4v) is 1.59. The van der Waals surface area contributed by atoms with Crippen molar-refractivity contribution in [3.8, 4) is 0 Å². The van der Waals surface area contributed by atoms with Crippen molar-refractivity contribution >= 4 is 11.6 Å². The Kier molecular flexibility index (Phi) is 4.77. The molecule has 0 spiro atoms. The van der Waals surface area contributed by atoms with E-state index in [1.165, 1.54) is 0 Å². The second kappa shape index (κ2) is 5.90. The molecule has 0 saturated heterocycles. The Morgan fingerprint density at radius 3 is 2.50 bits per heavy atom. The van der Waals surface area contributed by atoms with Gasteiger partial charge in [-0.25, -0.2) is 4.98 Å². The van der Waals surface area contributed by atoms with E-state index < -0.39 is 11.7 Å². The zero-order valence-corrected chi connectivity index (χ0v) is 10.0. The highest BCUT2D eigenvalue weighted by Gasteiger charge is 2.31. The first kappa shape index (κ1) is 14.6. The highest BCUT2D eigenvalue weighted by atomic mass is 19.4. The smallest absolute Gasteiger partial charge is 0.395 e. The van der Waals surface area contributed by atoms with Crippen LogP contribution >= 0.6 is 0 Å². The second-order valence-corrected chi connectivity index (χ2v) is 3.85. The number of anilines is 2. The van der Waals surface area contributed by atoms with Gasteiger partial charge in [0.25, 0.3) is 0 Å². The van der Waals surface area contributed by atoms with Gasteiger partial charge in [0.2, 0.25) is 0 Å². The average molecular weight is 263 g/mol. The Bertz CT molecular complexity index is 390. The first-order valence-electron chi connectivity index (χ1n) is 5.59. The van der Waals surface area contributed by atoms with Crippen molar-refractivity contribution in [1.29, 1.82) is 0 Å². The predicted molar refractivity (Wildman–Crippen MR) is 63.2 cm³/mol. The van der Waals surface area contributed by atoms with Crippen LogP contribution in [-0.2, 0) is 6.18 Å². The van der Waals surface area contributed by atoms with E-state index in [9.17, 15) is 13.2 Å². The minimum absolute atomic E-state index is 0.137. The van der Waals surface area contributed by atoms with Crippen LogP contribution in [0.1, 0.15) is 18.9 Å². The average Bonchev–Trinajstić information content (AvgIpc) is 2.27. The molecule has 0 amide bonds. The molecule has 1 aromatic rings. The largest absolute Gasteiger partial charge is 0.416 e. The lowest BCUT2D eigenvalue weighted by Gasteiger charge is -2.23. The van der Waals surface area contributed by atoms with Gasteiger partial charge in [0.1, 0.15) is 11.6 Å². The van der Waals surface area contributed by atoms with Crippen LogP contribution in [0.2, 0.25) is 0 Å². The summed E-state index contributed by atoms with van der Waals surface area (Å²) in [6, 6.07) is 1.74. The normalized spacial score (nSPS) is 11.6. The topological polar surface area (TPSA) is 62.4 Å². The molecule has 0 unspecified atom stereocenters. The number of hydrogen-bond acceptors (Lipinski definition) is 4. The lowest BCUT2D eigenvalue weighted by Crippen LogP contribution is -2.29. The van der Waals surface area contributed by atoms with Crippen molar-refractivity contribution in [3.63, 3.8) is 0 Å². The number of nitrogens with zero attached hydrogens (tertiary/aromatic N) is 2. The maximum atomic E-state index is 12.6. The number of aliphatic hydroxyl groups excluding tert-OH is 1. The molecule has 1 heterocycles. The van der Waals surface area contributed by atoms with Gasteiger partial charge >= 0.3 is 6.18 Å². The van der Waals surface area contributed by atoms with E-state index >= 15 is 0 Å². The van der Waals surface area contributed by atoms with Gasteiger partial charge in [-0.2, -0.15) is 13.2 Å². The second-order valence-electron chi connectivity index (χ2n) is 3.85. The van der Waals surface area contributed by atoms with E-state index in [2.05, 4.69) is 4.98 Å². The number of nitrogens with two attached hydrogens (primary N) is 1. The fourth-order valence-electron chi connectivity index (χ4n) is 1.59. The van der Waals surface area contributed by atoms with E-state index in [0.717, 1.165) is 18.6 Å². The molecule has 0 bridgehead atoms. The molecule has 7 heteroatoms. The number of nitrogen functional groups attached to an aromatic ring is 1. The third-order valence-corrected chi connectivity index (χ3v) is 2.35. The van der Waals surface area contributed by atoms with Gasteiger partial charge in [0, 0.05) is 13.1 Å². The Morgan fingerprint density at radius 1 is 1.33 bits per heavy atom. The summed E-state index contributed by atoms with van der Waals surface area (Å²) < 4.78 is 37.9. The Morgan fingerprint density at radius 2 is 2.00 bits per heavy atom. The summed E-state index contributed by atoms with van der Waals surface area (Å²) in [5.74, 6) is -0.0444. The van der Waals surface area contributed by atoms with Crippen LogP contribution in [0, 0.1) is 0 Å². The van der Waals surface area contributed by atoms with Crippen LogP contribution in [0.3, 0.4) is 0 Å². The molecule has 1 aromatic heterocycles. The van der Waals surface area contributed by atoms with Crippen LogP contribution in [0.5, 0.6) is 0 Å². The summed E-state index contributed by atoms with van der Waals surface area (Å²) in [6.45, 7) is 2.47. The highest BCUT2D eigenvalue weighted by molar-refractivity contribution is 5.49. The van der Waals surface area contributed by atoms with Crippen molar-refractivity contribution in [2.24, 2.45) is 0 Å². The lowest BCUT2D eigenvalue weighted by molar-refractivity contribution is -0.137. The molecule has 102 valence electrons. The van der Waals surface area contributed by atoms with Crippen molar-refractivity contribution in [2.45, 2.75) is 19.5 Å². The van der Waals surface area contributed by atoms with Crippen molar-refractivity contribution in [2.75, 3.05) is 30.3 Å². The third kappa shape index (κ3) is 3.76. The first-order chi connectivity index (χ1) is 8.38. The van der Waals surface area contributed by atoms with Crippen LogP contribution in [0.15, 0.2) is 12.1 Å². The molecule has 18 heavy (non-hydrogen) atoms. The summed E-state index contributed by atoms with van der Waals surface area (Å²) in [6.07, 6.45) is -3.72. The van der Waals surface area contributed by atoms with Gasteiger partial charge < -0.3 is 15.7 Å². The van der Waals surface area contributed by atoms with E-state index in [0.29, 0.717) is 6.54 Å². The molecular weight excluding hydrogens is 247 g/mol. The number of aliphatic hydroxyl groups is 1. The summed E-state index contributed by atoms with van der Waals surface area (Å²) in [5, 5.41) is 8.90. The molecule has 1 rings (SSSR count). The number of alkyl halides is 3. The van der Waals surface area contributed by atoms with Crippen molar-refractivity contribution < 1.29 is 18.3 Å². The predicted octanol–water partition coefficient (Wildman–Crippen LogP) is 1.89. The molecular formula is C11H16F3N3O. The monoisotopic (exact) mass is 263 g/mol. The summed E-state index contributed by atoms with van der Waals surface area (Å²) in [7, 11) is 0. The SMILES string of the molecule is CCCN(CCO)c1cc(C(F)(F)F)cc(N)n1. The zero-order chi connectivity index (χ0) is 13.8. The summed E-state index contributed by atoms with van der Waals surface area (Å²) >= 11 is 0. The van der Waals surface area contributed by atoms with Crippen LogP contribution in [0.25, 0.3) is 0 Å². The van der Waals surface area contributed by atoms with Gasteiger partial charge in [-0.15, -0.1) is 0 Å². The Labute approximate surface area is 103 Å². The summed E-state index contributed by atoms with van der Waals surface area (Å²) in [4.78, 5) is 5.45. The van der Waals surface area contributed by atoms with E-state index in [1.807, 2.05) is 6.92 Å². The first-order valence-corrected chi connectivity index (χ1v) is 5.59.